The van der Waals surface area contributed by atoms with Crippen LogP contribution in [-0.4, -0.2) is 0 Å². The summed E-state index contributed by atoms with van der Waals surface area (Å²) < 4.78 is 0. The van der Waals surface area contributed by atoms with Crippen LogP contribution in [0.3, 0.4) is 0 Å². The lowest BCUT2D eigenvalue weighted by molar-refractivity contribution is 0.0370. The molecule has 0 heterocycles. The van der Waals surface area contributed by atoms with Gasteiger partial charge in [-0.1, -0.05) is 71.6 Å². The fourth-order valence-electron chi connectivity index (χ4n) is 5.27. The lowest BCUT2D eigenvalue weighted by Gasteiger charge is -2.48. The largest absolute Gasteiger partial charge is 0.198 e. The second kappa shape index (κ2) is 8.95. The van der Waals surface area contributed by atoms with Crippen molar-refractivity contribution in [3.63, 3.8) is 0 Å². The van der Waals surface area contributed by atoms with Crippen molar-refractivity contribution >= 4 is 0 Å². The average molecular weight is 304 g/mol. The van der Waals surface area contributed by atoms with E-state index in [0.29, 0.717) is 0 Å². The first-order valence-electron chi connectivity index (χ1n) is 10.1. The van der Waals surface area contributed by atoms with Crippen LogP contribution in [0.25, 0.3) is 0 Å². The second-order valence-electron chi connectivity index (χ2n) is 8.24. The SMILES string of the molecule is CCCCCCC[C@@H]1CC[C@@H]2CC(CCC)CCC2(C#N)C1. The van der Waals surface area contributed by atoms with Crippen molar-refractivity contribution in [1.29, 1.82) is 5.26 Å². The van der Waals surface area contributed by atoms with E-state index in [2.05, 4.69) is 19.9 Å². The van der Waals surface area contributed by atoms with Crippen molar-refractivity contribution in [2.45, 2.75) is 104 Å². The molecule has 0 aromatic rings. The van der Waals surface area contributed by atoms with E-state index in [1.54, 1.807) is 0 Å². The molecule has 0 bridgehead atoms. The Kier molecular flexibility index (Phi) is 7.26. The number of unbranched alkanes of at least 4 members (excludes halogenated alkanes) is 4. The Morgan fingerprint density at radius 1 is 0.909 bits per heavy atom. The van der Waals surface area contributed by atoms with Gasteiger partial charge in [0.1, 0.15) is 0 Å². The van der Waals surface area contributed by atoms with Crippen molar-refractivity contribution < 1.29 is 0 Å². The van der Waals surface area contributed by atoms with Crippen LogP contribution in [0.5, 0.6) is 0 Å². The molecule has 0 N–H and O–H groups in total. The standard InChI is InChI=1S/C21H37N/c1-3-5-6-7-8-10-19-11-12-20-15-18(9-4-2)13-14-21(20,16-19)17-22/h18-20H,3-16H2,1-2H3/t18?,19-,20-,21?/m1/s1. The van der Waals surface area contributed by atoms with Gasteiger partial charge in [0.25, 0.3) is 0 Å². The number of nitriles is 1. The zero-order valence-electron chi connectivity index (χ0n) is 15.1. The van der Waals surface area contributed by atoms with E-state index in [1.165, 1.54) is 89.9 Å². The van der Waals surface area contributed by atoms with E-state index in [4.69, 9.17) is 0 Å². The summed E-state index contributed by atoms with van der Waals surface area (Å²) in [5, 5.41) is 9.90. The third-order valence-corrected chi connectivity index (χ3v) is 6.61. The first-order valence-corrected chi connectivity index (χ1v) is 10.1. The van der Waals surface area contributed by atoms with Crippen molar-refractivity contribution in [1.82, 2.24) is 0 Å². The first-order chi connectivity index (χ1) is 10.7. The fourth-order valence-corrected chi connectivity index (χ4v) is 5.27. The lowest BCUT2D eigenvalue weighted by Crippen LogP contribution is -2.40. The molecule has 126 valence electrons. The molecule has 0 amide bonds. The van der Waals surface area contributed by atoms with Gasteiger partial charge >= 0.3 is 0 Å². The van der Waals surface area contributed by atoms with Gasteiger partial charge in [0.15, 0.2) is 0 Å². The van der Waals surface area contributed by atoms with E-state index in [1.807, 2.05) is 0 Å². The van der Waals surface area contributed by atoms with Crippen molar-refractivity contribution in [3.8, 4) is 6.07 Å². The summed E-state index contributed by atoms with van der Waals surface area (Å²) in [6.07, 6.45) is 18.9. The highest BCUT2D eigenvalue weighted by Crippen LogP contribution is 2.54. The monoisotopic (exact) mass is 303 g/mol. The normalized spacial score (nSPS) is 34.9. The minimum Gasteiger partial charge on any atom is -0.198 e. The van der Waals surface area contributed by atoms with Gasteiger partial charge in [-0.2, -0.15) is 5.26 Å². The van der Waals surface area contributed by atoms with Crippen LogP contribution in [0.1, 0.15) is 104 Å². The molecule has 0 saturated heterocycles. The summed E-state index contributed by atoms with van der Waals surface area (Å²) in [6.45, 7) is 4.59. The number of rotatable bonds is 8. The molecule has 2 fully saturated rings. The zero-order valence-corrected chi connectivity index (χ0v) is 15.1. The molecule has 2 unspecified atom stereocenters. The van der Waals surface area contributed by atoms with Crippen molar-refractivity contribution in [2.75, 3.05) is 0 Å². The Labute approximate surface area is 138 Å². The Morgan fingerprint density at radius 2 is 1.73 bits per heavy atom. The van der Waals surface area contributed by atoms with Crippen LogP contribution in [0.4, 0.5) is 0 Å². The molecule has 1 heteroatoms. The highest BCUT2D eigenvalue weighted by molar-refractivity contribution is 5.08. The van der Waals surface area contributed by atoms with Gasteiger partial charge in [0, 0.05) is 0 Å². The van der Waals surface area contributed by atoms with Crippen molar-refractivity contribution in [2.24, 2.45) is 23.2 Å². The smallest absolute Gasteiger partial charge is 0.0692 e. The molecule has 22 heavy (non-hydrogen) atoms. The topological polar surface area (TPSA) is 23.8 Å². The van der Waals surface area contributed by atoms with E-state index >= 15 is 0 Å². The first kappa shape index (κ1) is 17.8. The molecule has 2 aliphatic carbocycles. The third-order valence-electron chi connectivity index (χ3n) is 6.61. The Hall–Kier alpha value is -0.510. The van der Waals surface area contributed by atoms with Gasteiger partial charge < -0.3 is 0 Å². The Bertz CT molecular complexity index is 355. The van der Waals surface area contributed by atoms with E-state index in [9.17, 15) is 5.26 Å². The average Bonchev–Trinajstić information content (AvgIpc) is 2.55. The van der Waals surface area contributed by atoms with Crippen LogP contribution in [-0.2, 0) is 0 Å². The van der Waals surface area contributed by atoms with Gasteiger partial charge in [0.2, 0.25) is 0 Å². The summed E-state index contributed by atoms with van der Waals surface area (Å²) in [5.41, 5.74) is 0.0660. The molecule has 0 aromatic carbocycles. The van der Waals surface area contributed by atoms with Crippen molar-refractivity contribution in [3.05, 3.63) is 0 Å². The maximum atomic E-state index is 9.90. The van der Waals surface area contributed by atoms with Crippen LogP contribution < -0.4 is 0 Å². The molecule has 2 aliphatic rings. The van der Waals surface area contributed by atoms with Crippen LogP contribution in [0.15, 0.2) is 0 Å². The molecule has 4 atom stereocenters. The predicted molar refractivity (Wildman–Crippen MR) is 94.5 cm³/mol. The van der Waals surface area contributed by atoms with Gasteiger partial charge in [0.05, 0.1) is 11.5 Å². The molecular weight excluding hydrogens is 266 g/mol. The summed E-state index contributed by atoms with van der Waals surface area (Å²) >= 11 is 0. The zero-order chi connectivity index (χ0) is 15.8. The third kappa shape index (κ3) is 4.50. The lowest BCUT2D eigenvalue weighted by atomic mass is 9.55. The minimum absolute atomic E-state index is 0.0660. The molecule has 2 rings (SSSR count). The molecule has 0 spiro atoms. The molecule has 1 nitrogen and oxygen atoms in total. The summed E-state index contributed by atoms with van der Waals surface area (Å²) in [5.74, 6) is 2.49. The van der Waals surface area contributed by atoms with E-state index in [0.717, 1.165) is 17.8 Å². The number of hydrogen-bond donors (Lipinski definition) is 0. The minimum atomic E-state index is 0.0660. The number of fused-ring (bicyclic) bond motifs is 1. The fraction of sp³-hybridized carbons (Fsp3) is 0.952. The van der Waals surface area contributed by atoms with Gasteiger partial charge in [-0.3, -0.25) is 0 Å². The molecule has 0 aliphatic heterocycles. The molecule has 0 radical (unpaired) electrons. The number of hydrogen-bond acceptors (Lipinski definition) is 1. The van der Waals surface area contributed by atoms with Gasteiger partial charge in [-0.25, -0.2) is 0 Å². The highest BCUT2D eigenvalue weighted by Gasteiger charge is 2.47. The van der Waals surface area contributed by atoms with Crippen LogP contribution in [0, 0.1) is 34.5 Å². The van der Waals surface area contributed by atoms with Gasteiger partial charge in [-0.05, 0) is 49.9 Å². The van der Waals surface area contributed by atoms with E-state index < -0.39 is 0 Å². The summed E-state index contributed by atoms with van der Waals surface area (Å²) in [7, 11) is 0. The van der Waals surface area contributed by atoms with Crippen LogP contribution in [0.2, 0.25) is 0 Å². The highest BCUT2D eigenvalue weighted by atomic mass is 14.5. The molecule has 2 saturated carbocycles. The maximum absolute atomic E-state index is 9.90. The second-order valence-corrected chi connectivity index (χ2v) is 8.24. The van der Waals surface area contributed by atoms with Gasteiger partial charge in [-0.15, -0.1) is 0 Å². The van der Waals surface area contributed by atoms with Crippen LogP contribution >= 0.6 is 0 Å². The van der Waals surface area contributed by atoms with E-state index in [-0.39, 0.29) is 5.41 Å². The summed E-state index contributed by atoms with van der Waals surface area (Å²) in [4.78, 5) is 0. The number of nitrogens with zero attached hydrogens (tertiary/aromatic N) is 1. The quantitative estimate of drug-likeness (QED) is 0.449. The summed E-state index contributed by atoms with van der Waals surface area (Å²) in [6, 6.07) is 2.82. The Morgan fingerprint density at radius 3 is 2.45 bits per heavy atom. The molecular formula is C21H37N. The Balaban J connectivity index is 1.81. The maximum Gasteiger partial charge on any atom is 0.0692 e. The molecule has 0 aromatic heterocycles. The predicted octanol–water partition coefficient (Wildman–Crippen LogP) is 6.87.